The Morgan fingerprint density at radius 1 is 1.45 bits per heavy atom. The van der Waals surface area contributed by atoms with E-state index in [9.17, 15) is 4.79 Å². The fourth-order valence-electron chi connectivity index (χ4n) is 2.30. The molecule has 1 fully saturated rings. The highest BCUT2D eigenvalue weighted by Crippen LogP contribution is 2.32. The fourth-order valence-corrected chi connectivity index (χ4v) is 2.87. The molecule has 0 spiro atoms. The van der Waals surface area contributed by atoms with E-state index in [4.69, 9.17) is 4.42 Å². The Morgan fingerprint density at radius 2 is 2.27 bits per heavy atom. The van der Waals surface area contributed by atoms with E-state index in [1.165, 1.54) is 24.6 Å². The van der Waals surface area contributed by atoms with Crippen molar-refractivity contribution in [2.75, 3.05) is 5.75 Å². The number of nitrogens with one attached hydrogen (secondary N) is 1. The summed E-state index contributed by atoms with van der Waals surface area (Å²) < 4.78 is 5.60. The number of hydrogen-bond donors (Lipinski definition) is 1. The lowest BCUT2D eigenvalue weighted by atomic mass is 10.1. The molecule has 0 unspecified atom stereocenters. The molecular formula is C16H19N3O2S. The number of thioether (sulfide) groups is 1. The van der Waals surface area contributed by atoms with Crippen molar-refractivity contribution in [1.29, 1.82) is 0 Å². The third-order valence-corrected chi connectivity index (χ3v) is 4.53. The van der Waals surface area contributed by atoms with Gasteiger partial charge in [-0.1, -0.05) is 29.5 Å². The minimum absolute atomic E-state index is 0.0136. The van der Waals surface area contributed by atoms with Gasteiger partial charge in [0.2, 0.25) is 11.8 Å². The van der Waals surface area contributed by atoms with Gasteiger partial charge in [-0.15, -0.1) is 10.2 Å². The quantitative estimate of drug-likeness (QED) is 0.829. The summed E-state index contributed by atoms with van der Waals surface area (Å²) in [5, 5.41) is 11.5. The van der Waals surface area contributed by atoms with Gasteiger partial charge in [0.1, 0.15) is 0 Å². The van der Waals surface area contributed by atoms with Crippen LogP contribution in [0.25, 0.3) is 11.5 Å². The van der Waals surface area contributed by atoms with E-state index in [2.05, 4.69) is 22.4 Å². The van der Waals surface area contributed by atoms with Crippen molar-refractivity contribution >= 4 is 17.7 Å². The second-order valence-corrected chi connectivity index (χ2v) is 6.65. The van der Waals surface area contributed by atoms with Crippen LogP contribution in [0.5, 0.6) is 0 Å². The van der Waals surface area contributed by atoms with E-state index >= 15 is 0 Å². The molecule has 22 heavy (non-hydrogen) atoms. The van der Waals surface area contributed by atoms with Crippen LogP contribution in [-0.4, -0.2) is 27.9 Å². The second kappa shape index (κ2) is 6.52. The van der Waals surface area contributed by atoms with E-state index in [0.29, 0.717) is 22.8 Å². The highest BCUT2D eigenvalue weighted by Gasteiger charge is 2.28. The zero-order valence-electron chi connectivity index (χ0n) is 12.7. The lowest BCUT2D eigenvalue weighted by molar-refractivity contribution is -0.119. The van der Waals surface area contributed by atoms with E-state index in [1.807, 2.05) is 31.2 Å². The number of rotatable bonds is 6. The van der Waals surface area contributed by atoms with Crippen LogP contribution in [0.1, 0.15) is 25.3 Å². The monoisotopic (exact) mass is 317 g/mol. The van der Waals surface area contributed by atoms with Gasteiger partial charge in [0, 0.05) is 11.6 Å². The lowest BCUT2D eigenvalue weighted by Crippen LogP contribution is -2.35. The van der Waals surface area contributed by atoms with Gasteiger partial charge in [-0.2, -0.15) is 0 Å². The predicted octanol–water partition coefficient (Wildman–Crippen LogP) is 3.05. The van der Waals surface area contributed by atoms with Crippen molar-refractivity contribution in [2.45, 2.75) is 38.0 Å². The molecule has 1 aliphatic rings. The number of benzene rings is 1. The van der Waals surface area contributed by atoms with Crippen LogP contribution in [-0.2, 0) is 4.79 Å². The standard InChI is InChI=1S/C16H19N3O2S/c1-10-4-3-5-13(8-10)15-18-19-16(21-15)22-9-14(20)17-11(2)12-6-7-12/h3-5,8,11-12H,6-7,9H2,1-2H3,(H,17,20)/t11-/m1/s1. The van der Waals surface area contributed by atoms with Gasteiger partial charge in [-0.25, -0.2) is 0 Å². The number of carbonyl (C=O) groups excluding carboxylic acids is 1. The zero-order chi connectivity index (χ0) is 15.5. The summed E-state index contributed by atoms with van der Waals surface area (Å²) in [7, 11) is 0. The Morgan fingerprint density at radius 3 is 3.00 bits per heavy atom. The SMILES string of the molecule is Cc1cccc(-c2nnc(SCC(=O)N[C@H](C)C3CC3)o2)c1. The van der Waals surface area contributed by atoms with Crippen molar-refractivity contribution in [2.24, 2.45) is 5.92 Å². The fraction of sp³-hybridized carbons (Fsp3) is 0.438. The summed E-state index contributed by atoms with van der Waals surface area (Å²) in [4.78, 5) is 11.9. The van der Waals surface area contributed by atoms with Crippen molar-refractivity contribution in [3.8, 4) is 11.5 Å². The lowest BCUT2D eigenvalue weighted by Gasteiger charge is -2.11. The van der Waals surface area contributed by atoms with E-state index < -0.39 is 0 Å². The molecule has 0 radical (unpaired) electrons. The third-order valence-electron chi connectivity index (χ3n) is 3.72. The van der Waals surface area contributed by atoms with Crippen LogP contribution >= 0.6 is 11.8 Å². The average molecular weight is 317 g/mol. The van der Waals surface area contributed by atoms with E-state index in [1.54, 1.807) is 0 Å². The maximum Gasteiger partial charge on any atom is 0.277 e. The molecule has 3 rings (SSSR count). The minimum Gasteiger partial charge on any atom is -0.411 e. The maximum atomic E-state index is 11.9. The van der Waals surface area contributed by atoms with Crippen LogP contribution in [0, 0.1) is 12.8 Å². The summed E-state index contributed by atoms with van der Waals surface area (Å²) >= 11 is 1.27. The number of carbonyl (C=O) groups is 1. The van der Waals surface area contributed by atoms with Gasteiger partial charge < -0.3 is 9.73 Å². The minimum atomic E-state index is 0.0136. The number of hydrogen-bond acceptors (Lipinski definition) is 5. The van der Waals surface area contributed by atoms with E-state index in [-0.39, 0.29) is 11.9 Å². The molecular weight excluding hydrogens is 298 g/mol. The zero-order valence-corrected chi connectivity index (χ0v) is 13.5. The van der Waals surface area contributed by atoms with Crippen molar-refractivity contribution in [3.05, 3.63) is 29.8 Å². The highest BCUT2D eigenvalue weighted by molar-refractivity contribution is 7.99. The Balaban J connectivity index is 1.54. The molecule has 116 valence electrons. The molecule has 1 saturated carbocycles. The summed E-state index contributed by atoms with van der Waals surface area (Å²) in [5.41, 5.74) is 2.03. The third kappa shape index (κ3) is 3.88. The second-order valence-electron chi connectivity index (χ2n) is 5.72. The van der Waals surface area contributed by atoms with Gasteiger partial charge >= 0.3 is 0 Å². The molecule has 6 heteroatoms. The van der Waals surface area contributed by atoms with Crippen molar-refractivity contribution in [1.82, 2.24) is 15.5 Å². The topological polar surface area (TPSA) is 68.0 Å². The Hall–Kier alpha value is -1.82. The molecule has 0 aliphatic heterocycles. The summed E-state index contributed by atoms with van der Waals surface area (Å²) in [5.74, 6) is 1.45. The van der Waals surface area contributed by atoms with Crippen LogP contribution in [0.2, 0.25) is 0 Å². The molecule has 1 atom stereocenters. The first-order valence-electron chi connectivity index (χ1n) is 7.44. The van der Waals surface area contributed by atoms with E-state index in [0.717, 1.165) is 11.1 Å². The molecule has 0 saturated heterocycles. The number of aryl methyl sites for hydroxylation is 1. The highest BCUT2D eigenvalue weighted by atomic mass is 32.2. The Labute approximate surface area is 133 Å². The molecule has 2 aromatic rings. The van der Waals surface area contributed by atoms with Gasteiger partial charge in [0.15, 0.2) is 0 Å². The van der Waals surface area contributed by atoms with Gasteiger partial charge in [0.25, 0.3) is 5.22 Å². The van der Waals surface area contributed by atoms with Crippen LogP contribution in [0.3, 0.4) is 0 Å². The van der Waals surface area contributed by atoms with Crippen LogP contribution < -0.4 is 5.32 Å². The average Bonchev–Trinajstić information content (AvgIpc) is 3.24. The molecule has 1 amide bonds. The molecule has 0 bridgehead atoms. The largest absolute Gasteiger partial charge is 0.411 e. The number of amides is 1. The molecule has 1 N–H and O–H groups in total. The molecule has 1 aromatic carbocycles. The Kier molecular flexibility index (Phi) is 4.47. The summed E-state index contributed by atoms with van der Waals surface area (Å²) in [6, 6.07) is 8.15. The first-order valence-corrected chi connectivity index (χ1v) is 8.43. The van der Waals surface area contributed by atoms with Gasteiger partial charge in [-0.3, -0.25) is 4.79 Å². The predicted molar refractivity (Wildman–Crippen MR) is 85.5 cm³/mol. The summed E-state index contributed by atoms with van der Waals surface area (Å²) in [6.07, 6.45) is 2.44. The first kappa shape index (κ1) is 15.1. The summed E-state index contributed by atoms with van der Waals surface area (Å²) in [6.45, 7) is 4.07. The van der Waals surface area contributed by atoms with Crippen molar-refractivity contribution < 1.29 is 9.21 Å². The Bertz CT molecular complexity index is 667. The molecule has 1 aromatic heterocycles. The van der Waals surface area contributed by atoms with Crippen molar-refractivity contribution in [3.63, 3.8) is 0 Å². The number of nitrogens with zero attached hydrogens (tertiary/aromatic N) is 2. The smallest absolute Gasteiger partial charge is 0.277 e. The number of aromatic nitrogens is 2. The van der Waals surface area contributed by atoms with Gasteiger partial charge in [0.05, 0.1) is 5.75 Å². The maximum absolute atomic E-state index is 11.9. The molecule has 1 heterocycles. The first-order chi connectivity index (χ1) is 10.6. The van der Waals surface area contributed by atoms with Crippen LogP contribution in [0.4, 0.5) is 0 Å². The molecule has 1 aliphatic carbocycles. The van der Waals surface area contributed by atoms with Gasteiger partial charge in [-0.05, 0) is 44.7 Å². The molecule has 5 nitrogen and oxygen atoms in total. The van der Waals surface area contributed by atoms with Crippen LogP contribution in [0.15, 0.2) is 33.9 Å². The normalized spacial score (nSPS) is 15.5.